The van der Waals surface area contributed by atoms with Crippen molar-refractivity contribution >= 4 is 68.5 Å². The van der Waals surface area contributed by atoms with Crippen LogP contribution in [-0.2, 0) is 26.2 Å². The number of aliphatic hydroxyl groups excluding tert-OH is 2. The van der Waals surface area contributed by atoms with Gasteiger partial charge in [0, 0.05) is 0 Å². The summed E-state index contributed by atoms with van der Waals surface area (Å²) >= 11 is 24.1. The molecular weight excluding hydrogens is 832 g/mol. The number of aliphatic hydroxyl groups is 2. The second kappa shape index (κ2) is 18.0. The van der Waals surface area contributed by atoms with Gasteiger partial charge in [-0.2, -0.15) is 0 Å². The van der Waals surface area contributed by atoms with Gasteiger partial charge in [0.15, 0.2) is 0 Å². The van der Waals surface area contributed by atoms with Crippen molar-refractivity contribution in [3.63, 3.8) is 0 Å². The van der Waals surface area contributed by atoms with Crippen LogP contribution >= 0.6 is 46.4 Å². The SMILES string of the molecule is C#CCn1c(=N)n(CC(O)c2ccc(Cl)c(Cl)c2)c2ccccc21.COc1ccc(-n2cc(Cn3c(=N)n(CC(O)c4ccc(Cl)c(Cl)c4)c4ccccc43)nn2)cc1. The number of fused-ring (bicyclic) bond motifs is 2. The van der Waals surface area contributed by atoms with Crippen molar-refractivity contribution in [2.75, 3.05) is 7.11 Å². The molecule has 0 radical (unpaired) electrons. The average Bonchev–Trinajstić information content (AvgIpc) is 3.90. The van der Waals surface area contributed by atoms with E-state index >= 15 is 0 Å². The maximum Gasteiger partial charge on any atom is 0.203 e. The Bertz CT molecular complexity index is 2940. The zero-order chi connectivity index (χ0) is 41.8. The molecule has 0 fully saturated rings. The largest absolute Gasteiger partial charge is 0.497 e. The molecule has 0 saturated heterocycles. The molecule has 0 bridgehead atoms. The smallest absolute Gasteiger partial charge is 0.203 e. The summed E-state index contributed by atoms with van der Waals surface area (Å²) in [5, 5.41) is 48.9. The van der Waals surface area contributed by atoms with E-state index in [9.17, 15) is 10.2 Å². The van der Waals surface area contributed by atoms with Crippen LogP contribution in [0.3, 0.4) is 0 Å². The van der Waals surface area contributed by atoms with E-state index in [0.29, 0.717) is 50.0 Å². The number of imidazole rings is 2. The van der Waals surface area contributed by atoms with Crippen molar-refractivity contribution in [3.8, 4) is 23.8 Å². The molecule has 0 spiro atoms. The third kappa shape index (κ3) is 8.82. The Morgan fingerprint density at radius 3 is 1.61 bits per heavy atom. The van der Waals surface area contributed by atoms with E-state index in [1.165, 1.54) is 0 Å². The second-order valence-electron chi connectivity index (χ2n) is 13.5. The Hall–Kier alpha value is -5.78. The highest BCUT2D eigenvalue weighted by atomic mass is 35.5. The molecule has 8 rings (SSSR count). The minimum absolute atomic E-state index is 0.183. The predicted molar refractivity (Wildman–Crippen MR) is 230 cm³/mol. The fourth-order valence-corrected chi connectivity index (χ4v) is 7.37. The van der Waals surface area contributed by atoms with Crippen LogP contribution in [-0.4, -0.2) is 50.6 Å². The van der Waals surface area contributed by atoms with Gasteiger partial charge in [0.25, 0.3) is 0 Å². The number of hydrogen-bond acceptors (Lipinski definition) is 7. The first-order valence-corrected chi connectivity index (χ1v) is 19.7. The Morgan fingerprint density at radius 2 is 1.14 bits per heavy atom. The molecule has 12 nitrogen and oxygen atoms in total. The number of aromatic nitrogens is 7. The summed E-state index contributed by atoms with van der Waals surface area (Å²) in [6, 6.07) is 32.9. The van der Waals surface area contributed by atoms with Crippen LogP contribution in [0.25, 0.3) is 27.8 Å². The van der Waals surface area contributed by atoms with Gasteiger partial charge < -0.3 is 28.7 Å². The highest BCUT2D eigenvalue weighted by Gasteiger charge is 2.18. The number of terminal acetylenes is 1. The molecule has 0 aliphatic rings. The standard InChI is InChI=1S/C25H22Cl2N6O2.C18H15Cl2N3O/c1-35-19-9-7-18(8-10-19)33-14-17(29-30-33)13-31-22-4-2-3-5-23(22)32(25(31)28)15-24(34)16-6-11-20(26)21(27)12-16;1-2-9-22-15-5-3-4-6-16(15)23(18(22)21)11-17(24)12-7-8-13(19)14(20)10-12/h2-12,14,24,28,34H,13,15H2,1H3;1,3-8,10,17,21,24H,9,11H2. The van der Waals surface area contributed by atoms with Crippen molar-refractivity contribution in [1.82, 2.24) is 33.3 Å². The van der Waals surface area contributed by atoms with E-state index in [2.05, 4.69) is 16.2 Å². The molecule has 4 N–H and O–H groups in total. The first kappa shape index (κ1) is 41.4. The van der Waals surface area contributed by atoms with Gasteiger partial charge in [0.1, 0.15) is 11.4 Å². The first-order chi connectivity index (χ1) is 28.5. The molecule has 0 aliphatic heterocycles. The molecule has 16 heteroatoms. The molecule has 3 heterocycles. The summed E-state index contributed by atoms with van der Waals surface area (Å²) in [5.74, 6) is 3.33. The monoisotopic (exact) mass is 867 g/mol. The zero-order valence-corrected chi connectivity index (χ0v) is 34.5. The van der Waals surface area contributed by atoms with Crippen molar-refractivity contribution in [3.05, 3.63) is 164 Å². The number of hydrogen-bond donors (Lipinski definition) is 4. The lowest BCUT2D eigenvalue weighted by Gasteiger charge is -2.13. The van der Waals surface area contributed by atoms with Crippen molar-refractivity contribution in [2.24, 2.45) is 0 Å². The third-order valence-electron chi connectivity index (χ3n) is 9.76. The lowest BCUT2D eigenvalue weighted by Crippen LogP contribution is -2.27. The fourth-order valence-electron chi connectivity index (χ4n) is 6.76. The van der Waals surface area contributed by atoms with Gasteiger partial charge in [0.2, 0.25) is 11.2 Å². The van der Waals surface area contributed by atoms with E-state index in [1.54, 1.807) is 61.9 Å². The molecule has 0 aliphatic carbocycles. The second-order valence-corrected chi connectivity index (χ2v) is 15.1. The van der Waals surface area contributed by atoms with Gasteiger partial charge >= 0.3 is 0 Å². The van der Waals surface area contributed by atoms with Crippen molar-refractivity contribution in [2.45, 2.75) is 38.4 Å². The number of nitrogens with zero attached hydrogens (tertiary/aromatic N) is 7. The van der Waals surface area contributed by atoms with Gasteiger partial charge in [-0.05, 0) is 83.9 Å². The van der Waals surface area contributed by atoms with E-state index in [0.717, 1.165) is 33.5 Å². The Labute approximate surface area is 358 Å². The molecule has 5 aromatic carbocycles. The molecule has 0 saturated carbocycles. The first-order valence-electron chi connectivity index (χ1n) is 18.2. The maximum atomic E-state index is 10.9. The van der Waals surface area contributed by atoms with Crippen molar-refractivity contribution in [1.29, 1.82) is 10.8 Å². The molecule has 8 aromatic rings. The molecule has 300 valence electrons. The zero-order valence-electron chi connectivity index (χ0n) is 31.5. The molecular formula is C43H37Cl4N9O3. The minimum Gasteiger partial charge on any atom is -0.497 e. The van der Waals surface area contributed by atoms with Crippen LogP contribution in [0.1, 0.15) is 29.0 Å². The van der Waals surface area contributed by atoms with E-state index in [4.69, 9.17) is 68.4 Å². The van der Waals surface area contributed by atoms with Crippen LogP contribution in [0.4, 0.5) is 0 Å². The third-order valence-corrected chi connectivity index (χ3v) is 11.2. The highest BCUT2D eigenvalue weighted by Crippen LogP contribution is 2.28. The van der Waals surface area contributed by atoms with Gasteiger partial charge in [-0.1, -0.05) is 93.9 Å². The Balaban J connectivity index is 0.000000192. The molecule has 0 amide bonds. The van der Waals surface area contributed by atoms with Crippen LogP contribution in [0, 0.1) is 23.2 Å². The Morgan fingerprint density at radius 1 is 0.661 bits per heavy atom. The van der Waals surface area contributed by atoms with Crippen LogP contribution in [0.2, 0.25) is 20.1 Å². The van der Waals surface area contributed by atoms with Gasteiger partial charge in [-0.15, -0.1) is 11.5 Å². The number of ether oxygens (including phenoxy) is 1. The van der Waals surface area contributed by atoms with Gasteiger partial charge in [0.05, 0.1) is 99.5 Å². The minimum atomic E-state index is -0.867. The van der Waals surface area contributed by atoms with Gasteiger partial charge in [-0.3, -0.25) is 15.4 Å². The predicted octanol–water partition coefficient (Wildman–Crippen LogP) is 8.20. The van der Waals surface area contributed by atoms with Crippen LogP contribution in [0.5, 0.6) is 5.75 Å². The molecule has 2 atom stereocenters. The number of methoxy groups -OCH3 is 1. The normalized spacial score (nSPS) is 12.2. The van der Waals surface area contributed by atoms with Crippen molar-refractivity contribution < 1.29 is 14.9 Å². The Kier molecular flexibility index (Phi) is 12.6. The van der Waals surface area contributed by atoms with Gasteiger partial charge in [-0.25, -0.2) is 4.68 Å². The summed E-state index contributed by atoms with van der Waals surface area (Å²) in [6.07, 6.45) is 5.56. The van der Waals surface area contributed by atoms with Crippen LogP contribution < -0.4 is 16.0 Å². The fraction of sp³-hybridized carbons (Fsp3) is 0.163. The highest BCUT2D eigenvalue weighted by molar-refractivity contribution is 6.42. The number of benzene rings is 5. The number of para-hydroxylation sites is 4. The molecule has 2 unspecified atom stereocenters. The number of nitrogens with one attached hydrogen (secondary N) is 2. The van der Waals surface area contributed by atoms with E-state index in [-0.39, 0.29) is 24.3 Å². The molecule has 3 aromatic heterocycles. The molecule has 59 heavy (non-hydrogen) atoms. The lowest BCUT2D eigenvalue weighted by molar-refractivity contribution is 0.155. The topological polar surface area (TPSA) is 148 Å². The number of rotatable bonds is 11. The lowest BCUT2D eigenvalue weighted by atomic mass is 10.1. The summed E-state index contributed by atoms with van der Waals surface area (Å²) in [5.41, 5.74) is 6.71. The summed E-state index contributed by atoms with van der Waals surface area (Å²) in [6.45, 7) is 1.05. The summed E-state index contributed by atoms with van der Waals surface area (Å²) in [4.78, 5) is 0. The summed E-state index contributed by atoms with van der Waals surface area (Å²) in [7, 11) is 1.62. The average molecular weight is 870 g/mol. The summed E-state index contributed by atoms with van der Waals surface area (Å²) < 4.78 is 14.0. The number of halogens is 4. The van der Waals surface area contributed by atoms with E-state index in [1.807, 2.05) is 83.6 Å². The van der Waals surface area contributed by atoms with Crippen LogP contribution in [0.15, 0.2) is 115 Å². The quantitative estimate of drug-likeness (QED) is 0.0969. The maximum absolute atomic E-state index is 10.9. The van der Waals surface area contributed by atoms with E-state index < -0.39 is 12.2 Å².